The smallest absolute Gasteiger partial charge is 0.241 e. The molecule has 0 heterocycles. The molecule has 7 heteroatoms. The van der Waals surface area contributed by atoms with E-state index in [0.717, 1.165) is 31.2 Å². The topological polar surface area (TPSA) is 95.5 Å². The molecule has 0 aliphatic heterocycles. The summed E-state index contributed by atoms with van der Waals surface area (Å²) in [5.74, 6) is -0.525. The van der Waals surface area contributed by atoms with Gasteiger partial charge in [-0.3, -0.25) is 4.79 Å². The molecule has 3 rings (SSSR count). The van der Waals surface area contributed by atoms with Crippen LogP contribution in [-0.4, -0.2) is 38.1 Å². The summed E-state index contributed by atoms with van der Waals surface area (Å²) in [5.41, 5.74) is 1.95. The lowest BCUT2D eigenvalue weighted by molar-refractivity contribution is -0.125. The van der Waals surface area contributed by atoms with Crippen molar-refractivity contribution >= 4 is 15.9 Å². The van der Waals surface area contributed by atoms with Gasteiger partial charge < -0.3 is 10.4 Å². The molecule has 2 unspecified atom stereocenters. The van der Waals surface area contributed by atoms with Crippen molar-refractivity contribution in [2.24, 2.45) is 0 Å². The summed E-state index contributed by atoms with van der Waals surface area (Å²) in [6.45, 7) is 3.68. The van der Waals surface area contributed by atoms with Crippen LogP contribution in [0.25, 0.3) is 0 Å². The van der Waals surface area contributed by atoms with E-state index in [1.54, 1.807) is 12.1 Å². The highest BCUT2D eigenvalue weighted by Gasteiger charge is 2.37. The fourth-order valence-electron chi connectivity index (χ4n) is 4.10. The monoisotopic (exact) mass is 430 g/mol. The van der Waals surface area contributed by atoms with Gasteiger partial charge in [-0.1, -0.05) is 60.9 Å². The van der Waals surface area contributed by atoms with Crippen LogP contribution in [0.4, 0.5) is 0 Å². The van der Waals surface area contributed by atoms with Crippen LogP contribution >= 0.6 is 0 Å². The van der Waals surface area contributed by atoms with Crippen LogP contribution in [0.1, 0.15) is 43.7 Å². The van der Waals surface area contributed by atoms with E-state index in [0.29, 0.717) is 6.54 Å². The van der Waals surface area contributed by atoms with Crippen molar-refractivity contribution in [3.8, 4) is 0 Å². The molecule has 1 saturated carbocycles. The van der Waals surface area contributed by atoms with Crippen LogP contribution in [0.2, 0.25) is 0 Å². The van der Waals surface area contributed by atoms with Gasteiger partial charge in [-0.2, -0.15) is 4.72 Å². The molecular formula is C23H30N2O4S. The maximum absolute atomic E-state index is 12.9. The van der Waals surface area contributed by atoms with E-state index in [2.05, 4.69) is 22.2 Å². The maximum atomic E-state index is 12.9. The second-order valence-electron chi connectivity index (χ2n) is 8.22. The zero-order chi connectivity index (χ0) is 21.8. The van der Waals surface area contributed by atoms with Crippen molar-refractivity contribution in [1.82, 2.24) is 10.0 Å². The Kier molecular flexibility index (Phi) is 6.95. The number of amides is 1. The van der Waals surface area contributed by atoms with Crippen molar-refractivity contribution in [2.75, 3.05) is 6.54 Å². The number of carbonyl (C=O) groups excluding carboxylic acids is 1. The minimum Gasteiger partial charge on any atom is -0.391 e. The Balaban J connectivity index is 1.73. The molecule has 1 fully saturated rings. The average Bonchev–Trinajstić information content (AvgIpc) is 3.21. The predicted molar refractivity (Wildman–Crippen MR) is 117 cm³/mol. The lowest BCUT2D eigenvalue weighted by Crippen LogP contribution is -2.54. The van der Waals surface area contributed by atoms with Gasteiger partial charge in [-0.05, 0) is 44.4 Å². The standard InChI is InChI=1S/C23H30N2O4S/c1-17-10-12-20(13-11-17)30(28,29)25-21(18(2)26)22(27)24-16-23(14-6-7-15-23)19-8-4-3-5-9-19/h3-5,8-13,18,21,25-26H,6-7,14-16H2,1-2H3,(H,24,27). The number of aryl methyl sites for hydroxylation is 1. The number of nitrogens with one attached hydrogen (secondary N) is 2. The van der Waals surface area contributed by atoms with E-state index >= 15 is 0 Å². The fraction of sp³-hybridized carbons (Fsp3) is 0.435. The third kappa shape index (κ3) is 5.09. The van der Waals surface area contributed by atoms with Gasteiger partial charge in [0.1, 0.15) is 6.04 Å². The van der Waals surface area contributed by atoms with E-state index in [1.165, 1.54) is 24.6 Å². The van der Waals surface area contributed by atoms with Gasteiger partial charge in [0, 0.05) is 12.0 Å². The molecule has 0 saturated heterocycles. The Labute approximate surface area is 178 Å². The number of hydrogen-bond acceptors (Lipinski definition) is 4. The predicted octanol–water partition coefficient (Wildman–Crippen LogP) is 2.65. The Bertz CT molecular complexity index is 950. The molecule has 2 aromatic carbocycles. The van der Waals surface area contributed by atoms with E-state index in [4.69, 9.17) is 0 Å². The quantitative estimate of drug-likeness (QED) is 0.600. The molecule has 162 valence electrons. The number of carbonyl (C=O) groups is 1. The van der Waals surface area contributed by atoms with E-state index < -0.39 is 28.1 Å². The largest absolute Gasteiger partial charge is 0.391 e. The second kappa shape index (κ2) is 9.29. The van der Waals surface area contributed by atoms with Gasteiger partial charge in [0.05, 0.1) is 11.0 Å². The molecule has 0 spiro atoms. The molecule has 0 aromatic heterocycles. The normalized spacial score (nSPS) is 18.0. The summed E-state index contributed by atoms with van der Waals surface area (Å²) in [6.07, 6.45) is 2.92. The van der Waals surface area contributed by atoms with Gasteiger partial charge in [-0.25, -0.2) is 8.42 Å². The summed E-state index contributed by atoms with van der Waals surface area (Å²) in [4.78, 5) is 12.9. The Morgan fingerprint density at radius 2 is 1.67 bits per heavy atom. The maximum Gasteiger partial charge on any atom is 0.241 e. The molecule has 1 amide bonds. The van der Waals surface area contributed by atoms with Crippen LogP contribution in [0, 0.1) is 6.92 Å². The second-order valence-corrected chi connectivity index (χ2v) is 9.94. The number of aliphatic hydroxyl groups excluding tert-OH is 1. The van der Waals surface area contributed by atoms with Crippen LogP contribution < -0.4 is 10.0 Å². The fourth-order valence-corrected chi connectivity index (χ4v) is 5.37. The summed E-state index contributed by atoms with van der Waals surface area (Å²) in [6, 6.07) is 15.2. The molecule has 30 heavy (non-hydrogen) atoms. The lowest BCUT2D eigenvalue weighted by Gasteiger charge is -2.31. The average molecular weight is 431 g/mol. The van der Waals surface area contributed by atoms with Gasteiger partial charge in [0.25, 0.3) is 0 Å². The van der Waals surface area contributed by atoms with Crippen molar-refractivity contribution < 1.29 is 18.3 Å². The zero-order valence-corrected chi connectivity index (χ0v) is 18.3. The summed E-state index contributed by atoms with van der Waals surface area (Å²) < 4.78 is 27.8. The first-order chi connectivity index (χ1) is 14.2. The van der Waals surface area contributed by atoms with Gasteiger partial charge in [-0.15, -0.1) is 0 Å². The number of rotatable bonds is 8. The van der Waals surface area contributed by atoms with Crippen molar-refractivity contribution in [1.29, 1.82) is 0 Å². The number of sulfonamides is 1. The van der Waals surface area contributed by atoms with Gasteiger partial charge in [0.2, 0.25) is 15.9 Å². The first-order valence-corrected chi connectivity index (χ1v) is 11.8. The zero-order valence-electron chi connectivity index (χ0n) is 17.5. The summed E-state index contributed by atoms with van der Waals surface area (Å²) in [7, 11) is -3.94. The molecule has 6 nitrogen and oxygen atoms in total. The minimum absolute atomic E-state index is 0.0584. The van der Waals surface area contributed by atoms with Crippen LogP contribution in [0.5, 0.6) is 0 Å². The van der Waals surface area contributed by atoms with E-state index in [1.807, 2.05) is 25.1 Å². The molecular weight excluding hydrogens is 400 g/mol. The molecule has 2 aromatic rings. The molecule has 0 bridgehead atoms. The van der Waals surface area contributed by atoms with Crippen molar-refractivity contribution in [2.45, 2.75) is 62.0 Å². The first-order valence-electron chi connectivity index (χ1n) is 10.3. The van der Waals surface area contributed by atoms with E-state index in [-0.39, 0.29) is 10.3 Å². The SMILES string of the molecule is Cc1ccc(S(=O)(=O)NC(C(=O)NCC2(c3ccccc3)CCCC2)C(C)O)cc1. The lowest BCUT2D eigenvalue weighted by atomic mass is 9.79. The third-order valence-electron chi connectivity index (χ3n) is 5.93. The van der Waals surface area contributed by atoms with Gasteiger partial charge in [0.15, 0.2) is 0 Å². The highest BCUT2D eigenvalue weighted by molar-refractivity contribution is 7.89. The first kappa shape index (κ1) is 22.5. The molecule has 3 N–H and O–H groups in total. The molecule has 1 aliphatic rings. The molecule has 2 atom stereocenters. The Morgan fingerprint density at radius 3 is 2.23 bits per heavy atom. The van der Waals surface area contributed by atoms with E-state index in [9.17, 15) is 18.3 Å². The third-order valence-corrected chi connectivity index (χ3v) is 7.38. The summed E-state index contributed by atoms with van der Waals surface area (Å²) in [5, 5.41) is 13.0. The van der Waals surface area contributed by atoms with Crippen molar-refractivity contribution in [3.63, 3.8) is 0 Å². The number of aliphatic hydroxyl groups is 1. The highest BCUT2D eigenvalue weighted by Crippen LogP contribution is 2.40. The number of hydrogen-bond donors (Lipinski definition) is 3. The van der Waals surface area contributed by atoms with Crippen LogP contribution in [0.15, 0.2) is 59.5 Å². The van der Waals surface area contributed by atoms with Gasteiger partial charge >= 0.3 is 0 Å². The summed E-state index contributed by atoms with van der Waals surface area (Å²) >= 11 is 0. The molecule has 0 radical (unpaired) electrons. The minimum atomic E-state index is -3.94. The van der Waals surface area contributed by atoms with Crippen LogP contribution in [0.3, 0.4) is 0 Å². The Morgan fingerprint density at radius 1 is 1.07 bits per heavy atom. The molecule has 1 aliphatic carbocycles. The van der Waals surface area contributed by atoms with Crippen LogP contribution in [-0.2, 0) is 20.2 Å². The van der Waals surface area contributed by atoms with Crippen molar-refractivity contribution in [3.05, 3.63) is 65.7 Å². The highest BCUT2D eigenvalue weighted by atomic mass is 32.2. The number of benzene rings is 2. The Hall–Kier alpha value is -2.22.